The van der Waals surface area contributed by atoms with Gasteiger partial charge < -0.3 is 0 Å². The highest BCUT2D eigenvalue weighted by Gasteiger charge is 2.17. The molecule has 0 radical (unpaired) electrons. The molecule has 2 aromatic carbocycles. The van der Waals surface area contributed by atoms with Gasteiger partial charge in [0.05, 0.1) is 9.95 Å². The molecular formula is C17H11ClN4O4S2. The molecule has 0 aliphatic carbocycles. The molecule has 0 unspecified atom stereocenters. The summed E-state index contributed by atoms with van der Waals surface area (Å²) < 4.78 is 0.867. The van der Waals surface area contributed by atoms with E-state index < -0.39 is 16.7 Å². The molecule has 0 bridgehead atoms. The smallest absolute Gasteiger partial charge is 0.281 e. The van der Waals surface area contributed by atoms with Crippen LogP contribution in [-0.2, 0) is 0 Å². The normalized spacial score (nSPS) is 10.3. The number of nitrogens with zero attached hydrogens (tertiary/aromatic N) is 1. The minimum atomic E-state index is -0.582. The molecule has 0 saturated carbocycles. The summed E-state index contributed by atoms with van der Waals surface area (Å²) in [7, 11) is 0. The molecule has 0 atom stereocenters. The number of rotatable bonds is 3. The first-order chi connectivity index (χ1) is 13.4. The number of carbonyl (C=O) groups is 2. The number of hydrogen-bond donors (Lipinski definition) is 3. The van der Waals surface area contributed by atoms with Gasteiger partial charge in [0.1, 0.15) is 4.88 Å². The molecule has 3 N–H and O–H groups in total. The quantitative estimate of drug-likeness (QED) is 0.330. The molecule has 0 fully saturated rings. The van der Waals surface area contributed by atoms with Crippen LogP contribution >= 0.6 is 35.2 Å². The number of nitrogens with one attached hydrogen (secondary N) is 3. The van der Waals surface area contributed by atoms with Crippen LogP contribution in [-0.4, -0.2) is 21.9 Å². The molecule has 3 rings (SSSR count). The molecule has 1 aromatic heterocycles. The molecule has 142 valence electrons. The van der Waals surface area contributed by atoms with Gasteiger partial charge >= 0.3 is 0 Å². The first-order valence-electron chi connectivity index (χ1n) is 7.70. The van der Waals surface area contributed by atoms with Gasteiger partial charge in [-0.25, -0.2) is 0 Å². The molecule has 3 aromatic rings. The third kappa shape index (κ3) is 4.25. The van der Waals surface area contributed by atoms with Gasteiger partial charge in [0, 0.05) is 27.8 Å². The van der Waals surface area contributed by atoms with Gasteiger partial charge in [0.25, 0.3) is 17.5 Å². The second-order valence-electron chi connectivity index (χ2n) is 5.41. The Balaban J connectivity index is 1.58. The molecule has 0 aliphatic rings. The molecule has 0 aliphatic heterocycles. The maximum atomic E-state index is 12.3. The molecule has 28 heavy (non-hydrogen) atoms. The summed E-state index contributed by atoms with van der Waals surface area (Å²) in [6.45, 7) is 0. The summed E-state index contributed by atoms with van der Waals surface area (Å²) in [5, 5.41) is 14.0. The second-order valence-corrected chi connectivity index (χ2v) is 7.25. The van der Waals surface area contributed by atoms with E-state index in [2.05, 4.69) is 16.2 Å². The molecule has 11 heteroatoms. The molecule has 1 heterocycles. The number of thiophene rings is 1. The lowest BCUT2D eigenvalue weighted by molar-refractivity contribution is -0.384. The Hall–Kier alpha value is -3.08. The van der Waals surface area contributed by atoms with E-state index in [1.165, 1.54) is 35.6 Å². The van der Waals surface area contributed by atoms with Gasteiger partial charge in [-0.15, -0.1) is 11.3 Å². The number of hydrogen-bond acceptors (Lipinski definition) is 6. The van der Waals surface area contributed by atoms with Crippen LogP contribution in [0.2, 0.25) is 5.02 Å². The van der Waals surface area contributed by atoms with Crippen LogP contribution in [0.4, 0.5) is 5.69 Å². The van der Waals surface area contributed by atoms with Crippen molar-refractivity contribution in [3.05, 3.63) is 74.1 Å². The van der Waals surface area contributed by atoms with Crippen LogP contribution in [0.5, 0.6) is 0 Å². The zero-order valence-corrected chi connectivity index (χ0v) is 16.3. The van der Waals surface area contributed by atoms with E-state index in [0.717, 1.165) is 10.1 Å². The summed E-state index contributed by atoms with van der Waals surface area (Å²) >= 11 is 12.4. The Morgan fingerprint density at radius 2 is 1.71 bits per heavy atom. The highest BCUT2D eigenvalue weighted by Crippen LogP contribution is 2.34. The molecular weight excluding hydrogens is 424 g/mol. The van der Waals surface area contributed by atoms with Crippen LogP contribution in [0.1, 0.15) is 20.0 Å². The average Bonchev–Trinajstić information content (AvgIpc) is 3.03. The van der Waals surface area contributed by atoms with E-state index in [4.69, 9.17) is 23.8 Å². The SMILES string of the molecule is O=C(NC(=S)NNC(=O)c1sc2ccccc2c1Cl)c1ccc([N+](=O)[O-])cc1. The zero-order valence-electron chi connectivity index (χ0n) is 13.9. The third-order valence-corrected chi connectivity index (χ3v) is 5.48. The van der Waals surface area contributed by atoms with Crippen molar-refractivity contribution >= 4 is 67.9 Å². The Labute approximate surface area is 172 Å². The summed E-state index contributed by atoms with van der Waals surface area (Å²) in [6.07, 6.45) is 0. The number of amides is 2. The van der Waals surface area contributed by atoms with Crippen LogP contribution in [0.25, 0.3) is 10.1 Å². The van der Waals surface area contributed by atoms with Crippen molar-refractivity contribution in [1.82, 2.24) is 16.2 Å². The highest BCUT2D eigenvalue weighted by atomic mass is 35.5. The standard InChI is InChI=1S/C17H11ClN4O4S2/c18-13-11-3-1-2-4-12(11)28-14(13)16(24)20-21-17(27)19-15(23)9-5-7-10(8-6-9)22(25)26/h1-8H,(H,20,24)(H2,19,21,23,27). The number of thiocarbonyl (C=S) groups is 1. The first-order valence-corrected chi connectivity index (χ1v) is 9.30. The van der Waals surface area contributed by atoms with Crippen LogP contribution in [0, 0.1) is 10.1 Å². The number of fused-ring (bicyclic) bond motifs is 1. The van der Waals surface area contributed by atoms with Gasteiger partial charge in [-0.05, 0) is 30.4 Å². The number of carbonyl (C=O) groups excluding carboxylic acids is 2. The Kier molecular flexibility index (Phi) is 5.83. The monoisotopic (exact) mass is 434 g/mol. The van der Waals surface area contributed by atoms with E-state index >= 15 is 0 Å². The second kappa shape index (κ2) is 8.30. The van der Waals surface area contributed by atoms with Crippen molar-refractivity contribution in [3.8, 4) is 0 Å². The molecule has 0 saturated heterocycles. The maximum Gasteiger partial charge on any atom is 0.281 e. The van der Waals surface area contributed by atoms with Gasteiger partial charge in [-0.2, -0.15) is 0 Å². The summed E-state index contributed by atoms with van der Waals surface area (Å²) in [4.78, 5) is 34.8. The van der Waals surface area contributed by atoms with Crippen molar-refractivity contribution in [2.45, 2.75) is 0 Å². The van der Waals surface area contributed by atoms with E-state index in [1.54, 1.807) is 0 Å². The summed E-state index contributed by atoms with van der Waals surface area (Å²) in [5.74, 6) is -1.08. The number of non-ortho nitro benzene ring substituents is 1. The Morgan fingerprint density at radius 1 is 1.04 bits per heavy atom. The largest absolute Gasteiger partial charge is 0.298 e. The topological polar surface area (TPSA) is 113 Å². The molecule has 2 amide bonds. The van der Waals surface area contributed by atoms with Crippen LogP contribution < -0.4 is 16.2 Å². The number of benzene rings is 2. The molecule has 8 nitrogen and oxygen atoms in total. The Morgan fingerprint density at radius 3 is 2.36 bits per heavy atom. The van der Waals surface area contributed by atoms with Gasteiger partial charge in [0.15, 0.2) is 5.11 Å². The number of halogens is 1. The predicted octanol–water partition coefficient (Wildman–Crippen LogP) is 3.41. The van der Waals surface area contributed by atoms with E-state index in [-0.39, 0.29) is 16.4 Å². The van der Waals surface area contributed by atoms with E-state index in [0.29, 0.717) is 9.90 Å². The zero-order chi connectivity index (χ0) is 20.3. The number of nitro benzene ring substituents is 1. The highest BCUT2D eigenvalue weighted by molar-refractivity contribution is 7.80. The lowest BCUT2D eigenvalue weighted by atomic mass is 10.2. The lowest BCUT2D eigenvalue weighted by Gasteiger charge is -2.10. The number of hydrazine groups is 1. The van der Waals surface area contributed by atoms with Gasteiger partial charge in [0.2, 0.25) is 0 Å². The molecule has 0 spiro atoms. The van der Waals surface area contributed by atoms with Crippen molar-refractivity contribution < 1.29 is 14.5 Å². The summed E-state index contributed by atoms with van der Waals surface area (Å²) in [6, 6.07) is 12.3. The fraction of sp³-hybridized carbons (Fsp3) is 0. The fourth-order valence-electron chi connectivity index (χ4n) is 2.27. The third-order valence-electron chi connectivity index (χ3n) is 3.60. The number of nitro groups is 1. The minimum absolute atomic E-state index is 0.135. The minimum Gasteiger partial charge on any atom is -0.298 e. The van der Waals surface area contributed by atoms with E-state index in [1.807, 2.05) is 24.3 Å². The first kappa shape index (κ1) is 19.7. The van der Waals surface area contributed by atoms with Crippen LogP contribution in [0.15, 0.2) is 48.5 Å². The van der Waals surface area contributed by atoms with Crippen molar-refractivity contribution in [1.29, 1.82) is 0 Å². The van der Waals surface area contributed by atoms with Gasteiger partial charge in [-0.3, -0.25) is 35.9 Å². The maximum absolute atomic E-state index is 12.3. The van der Waals surface area contributed by atoms with E-state index in [9.17, 15) is 19.7 Å². The Bertz CT molecular complexity index is 1100. The fourth-order valence-corrected chi connectivity index (χ4v) is 3.83. The van der Waals surface area contributed by atoms with Crippen LogP contribution in [0.3, 0.4) is 0 Å². The van der Waals surface area contributed by atoms with Crippen molar-refractivity contribution in [2.75, 3.05) is 0 Å². The predicted molar refractivity (Wildman–Crippen MR) is 111 cm³/mol. The summed E-state index contributed by atoms with van der Waals surface area (Å²) in [5.41, 5.74) is 4.84. The van der Waals surface area contributed by atoms with Crippen molar-refractivity contribution in [3.63, 3.8) is 0 Å². The average molecular weight is 435 g/mol. The van der Waals surface area contributed by atoms with Crippen molar-refractivity contribution in [2.24, 2.45) is 0 Å². The lowest BCUT2D eigenvalue weighted by Crippen LogP contribution is -2.48. The van der Waals surface area contributed by atoms with Gasteiger partial charge in [-0.1, -0.05) is 29.8 Å².